The van der Waals surface area contributed by atoms with Gasteiger partial charge < -0.3 is 9.55 Å². The maximum absolute atomic E-state index is 4.32. The average molecular weight is 421 g/mol. The molecule has 17 heavy (non-hydrogen) atoms. The van der Waals surface area contributed by atoms with Crippen molar-refractivity contribution in [3.05, 3.63) is 54.3 Å². The monoisotopic (exact) mass is 421 g/mol. The van der Waals surface area contributed by atoms with Crippen LogP contribution in [-0.2, 0) is 21.1 Å². The van der Waals surface area contributed by atoms with Gasteiger partial charge in [-0.3, -0.25) is 4.98 Å². The van der Waals surface area contributed by atoms with Gasteiger partial charge in [-0.25, -0.2) is 0 Å². The average Bonchev–Trinajstić information content (AvgIpc) is 3.01. The summed E-state index contributed by atoms with van der Waals surface area (Å²) in [6.07, 6.45) is 6.51. The number of rotatable bonds is 2. The molecule has 0 aliphatic heterocycles. The molecular weight excluding hydrogens is 413 g/mol. The number of thiazole rings is 1. The van der Waals surface area contributed by atoms with E-state index in [0.717, 1.165) is 16.5 Å². The fraction of sp³-hybridized carbons (Fsp3) is 0. The van der Waals surface area contributed by atoms with E-state index in [9.17, 15) is 0 Å². The number of aromatic nitrogens is 3. The molecule has 1 aromatic carbocycles. The van der Waals surface area contributed by atoms with E-state index in [1.54, 1.807) is 23.7 Å². The van der Waals surface area contributed by atoms with Crippen LogP contribution in [0.25, 0.3) is 16.5 Å². The van der Waals surface area contributed by atoms with Gasteiger partial charge in [0, 0.05) is 33.1 Å². The van der Waals surface area contributed by atoms with Gasteiger partial charge in [-0.05, 0) is 17.1 Å². The third-order valence-corrected chi connectivity index (χ3v) is 2.98. The second-order valence-electron chi connectivity index (χ2n) is 3.23. The molecule has 0 saturated heterocycles. The van der Waals surface area contributed by atoms with Crippen LogP contribution in [0.4, 0.5) is 0 Å². The first-order chi connectivity index (χ1) is 7.95. The number of imidazole rings is 1. The molecule has 88 valence electrons. The SMILES string of the molecule is [Pt].[c-]1cnc(-c2ccccc2)n1-c1nccs1. The summed E-state index contributed by atoms with van der Waals surface area (Å²) in [5, 5.41) is 2.83. The third kappa shape index (κ3) is 2.38. The van der Waals surface area contributed by atoms with Gasteiger partial charge in [-0.1, -0.05) is 36.5 Å². The van der Waals surface area contributed by atoms with Crippen LogP contribution in [0.1, 0.15) is 0 Å². The van der Waals surface area contributed by atoms with Crippen LogP contribution in [0.3, 0.4) is 0 Å². The Labute approximate surface area is 117 Å². The van der Waals surface area contributed by atoms with Gasteiger partial charge >= 0.3 is 0 Å². The molecule has 3 aromatic rings. The summed E-state index contributed by atoms with van der Waals surface area (Å²) < 4.78 is 1.88. The largest absolute Gasteiger partial charge is 0.438 e. The normalized spacial score (nSPS) is 9.88. The van der Waals surface area contributed by atoms with Gasteiger partial charge in [0.15, 0.2) is 0 Å². The van der Waals surface area contributed by atoms with Crippen LogP contribution >= 0.6 is 11.3 Å². The molecule has 2 aromatic heterocycles. The van der Waals surface area contributed by atoms with Crippen LogP contribution < -0.4 is 0 Å². The van der Waals surface area contributed by atoms with Gasteiger partial charge in [0.25, 0.3) is 0 Å². The Kier molecular flexibility index (Phi) is 3.87. The van der Waals surface area contributed by atoms with Crippen molar-refractivity contribution < 1.29 is 21.1 Å². The van der Waals surface area contributed by atoms with Gasteiger partial charge in [-0.15, -0.1) is 0 Å². The zero-order chi connectivity index (χ0) is 10.8. The van der Waals surface area contributed by atoms with Crippen molar-refractivity contribution in [2.24, 2.45) is 0 Å². The zero-order valence-electron chi connectivity index (χ0n) is 8.68. The summed E-state index contributed by atoms with van der Waals surface area (Å²) >= 11 is 1.57. The summed E-state index contributed by atoms with van der Waals surface area (Å²) in [4.78, 5) is 8.57. The predicted molar refractivity (Wildman–Crippen MR) is 63.5 cm³/mol. The summed E-state index contributed by atoms with van der Waals surface area (Å²) in [5.41, 5.74) is 1.07. The van der Waals surface area contributed by atoms with E-state index in [1.165, 1.54) is 0 Å². The van der Waals surface area contributed by atoms with Crippen LogP contribution in [0.5, 0.6) is 0 Å². The quantitative estimate of drug-likeness (QED) is 0.596. The van der Waals surface area contributed by atoms with Crippen LogP contribution in [0.2, 0.25) is 0 Å². The first kappa shape index (κ1) is 12.2. The topological polar surface area (TPSA) is 30.7 Å². The Balaban J connectivity index is 0.00000108. The van der Waals surface area contributed by atoms with E-state index in [1.807, 2.05) is 40.3 Å². The molecule has 0 saturated carbocycles. The van der Waals surface area contributed by atoms with E-state index >= 15 is 0 Å². The van der Waals surface area contributed by atoms with Crippen molar-refractivity contribution in [3.63, 3.8) is 0 Å². The van der Waals surface area contributed by atoms with Crippen molar-refractivity contribution >= 4 is 11.3 Å². The molecule has 0 radical (unpaired) electrons. The molecule has 0 fully saturated rings. The maximum atomic E-state index is 4.32. The van der Waals surface area contributed by atoms with E-state index in [4.69, 9.17) is 0 Å². The molecule has 0 N–H and O–H groups in total. The molecule has 0 unspecified atom stereocenters. The van der Waals surface area contributed by atoms with Gasteiger partial charge in [-0.2, -0.15) is 11.3 Å². The standard InChI is InChI=1S/C12H8N3S.Pt/c1-2-4-10(5-3-1)11-13-6-8-15(11)12-14-7-9-16-12;/h1-7,9H;/q-1;. The van der Waals surface area contributed by atoms with E-state index < -0.39 is 0 Å². The molecule has 0 spiro atoms. The second kappa shape index (κ2) is 5.39. The minimum absolute atomic E-state index is 0. The molecule has 0 bridgehead atoms. The summed E-state index contributed by atoms with van der Waals surface area (Å²) in [6, 6.07) is 10.0. The Morgan fingerprint density at radius 2 is 1.94 bits per heavy atom. The molecule has 0 aliphatic rings. The van der Waals surface area contributed by atoms with E-state index in [-0.39, 0.29) is 21.1 Å². The molecule has 5 heteroatoms. The fourth-order valence-electron chi connectivity index (χ4n) is 1.53. The molecular formula is C12H8N3PtS-. The summed E-state index contributed by atoms with van der Waals surface area (Å²) in [7, 11) is 0. The van der Waals surface area contributed by atoms with Crippen LogP contribution in [0, 0.1) is 6.20 Å². The molecule has 0 aliphatic carbocycles. The molecule has 3 nitrogen and oxygen atoms in total. The summed E-state index contributed by atoms with van der Waals surface area (Å²) in [5.74, 6) is 0.871. The second-order valence-corrected chi connectivity index (χ2v) is 4.10. The van der Waals surface area contributed by atoms with Gasteiger partial charge in [0.1, 0.15) is 0 Å². The third-order valence-electron chi connectivity index (χ3n) is 2.23. The molecule has 2 heterocycles. The Bertz CT molecular complexity index is 575. The van der Waals surface area contributed by atoms with Crippen molar-refractivity contribution in [1.29, 1.82) is 0 Å². The number of hydrogen-bond acceptors (Lipinski definition) is 3. The minimum atomic E-state index is 0. The maximum Gasteiger partial charge on any atom is 0.0825 e. The zero-order valence-corrected chi connectivity index (χ0v) is 11.8. The van der Waals surface area contributed by atoms with Crippen molar-refractivity contribution in [2.45, 2.75) is 0 Å². The summed E-state index contributed by atoms with van der Waals surface area (Å²) in [6.45, 7) is 0. The first-order valence-electron chi connectivity index (χ1n) is 4.86. The van der Waals surface area contributed by atoms with Crippen LogP contribution in [0.15, 0.2) is 48.1 Å². The molecule has 0 atom stereocenters. The van der Waals surface area contributed by atoms with Crippen molar-refractivity contribution in [1.82, 2.24) is 14.5 Å². The van der Waals surface area contributed by atoms with Gasteiger partial charge in [0.05, 0.1) is 5.13 Å². The van der Waals surface area contributed by atoms with E-state index in [0.29, 0.717) is 0 Å². The minimum Gasteiger partial charge on any atom is -0.438 e. The van der Waals surface area contributed by atoms with E-state index in [2.05, 4.69) is 16.2 Å². The number of nitrogens with zero attached hydrogens (tertiary/aromatic N) is 3. The Morgan fingerprint density at radius 1 is 1.12 bits per heavy atom. The predicted octanol–water partition coefficient (Wildman–Crippen LogP) is 2.79. The fourth-order valence-corrected chi connectivity index (χ4v) is 2.14. The molecule has 3 rings (SSSR count). The Morgan fingerprint density at radius 3 is 2.65 bits per heavy atom. The smallest absolute Gasteiger partial charge is 0.0825 e. The van der Waals surface area contributed by atoms with Crippen molar-refractivity contribution in [3.8, 4) is 16.5 Å². The molecule has 0 amide bonds. The Hall–Kier alpha value is -1.25. The first-order valence-corrected chi connectivity index (χ1v) is 5.74. The van der Waals surface area contributed by atoms with Crippen molar-refractivity contribution in [2.75, 3.05) is 0 Å². The number of hydrogen-bond donors (Lipinski definition) is 0. The van der Waals surface area contributed by atoms with Crippen LogP contribution in [-0.4, -0.2) is 14.5 Å². The van der Waals surface area contributed by atoms with Gasteiger partial charge in [0.2, 0.25) is 0 Å². The number of benzene rings is 1.